The zero-order valence-corrected chi connectivity index (χ0v) is 8.38. The minimum atomic E-state index is -1.64. The molecule has 0 amide bonds. The van der Waals surface area contributed by atoms with E-state index in [9.17, 15) is 15.2 Å². The molecule has 0 radical (unpaired) electrons. The highest BCUT2D eigenvalue weighted by molar-refractivity contribution is 5.93. The molecule has 1 aliphatic rings. The number of nitrogens with zero attached hydrogens (tertiary/aromatic N) is 2. The van der Waals surface area contributed by atoms with Gasteiger partial charge in [0.15, 0.2) is 0 Å². The number of nitrogens with one attached hydrogen (secondary N) is 2. The number of aromatic carboxylic acids is 1. The van der Waals surface area contributed by atoms with Gasteiger partial charge in [-0.15, -0.1) is 0 Å². The summed E-state index contributed by atoms with van der Waals surface area (Å²) in [7, 11) is 1.51. The van der Waals surface area contributed by atoms with Gasteiger partial charge in [0, 0.05) is 13.2 Å². The second-order valence-corrected chi connectivity index (χ2v) is 3.38. The fraction of sp³-hybridized carbons (Fsp3) is 0.125. The molecule has 2 heterocycles. The molecule has 8 heteroatoms. The SMILES string of the molecule is Cn1cc2c(c1C(=O)O)C=CNN[N+]2(O)O. The van der Waals surface area contributed by atoms with E-state index in [0.29, 0.717) is 0 Å². The lowest BCUT2D eigenvalue weighted by Crippen LogP contribution is -2.58. The Morgan fingerprint density at radius 3 is 2.81 bits per heavy atom. The maximum absolute atomic E-state index is 11.0. The first kappa shape index (κ1) is 10.6. The predicted molar refractivity (Wildman–Crippen MR) is 53.0 cm³/mol. The minimum Gasteiger partial charge on any atom is -0.477 e. The van der Waals surface area contributed by atoms with Crippen molar-refractivity contribution in [2.45, 2.75) is 0 Å². The summed E-state index contributed by atoms with van der Waals surface area (Å²) < 4.78 is 1.31. The topological polar surface area (TPSA) is 107 Å². The highest BCUT2D eigenvalue weighted by atomic mass is 16.9. The molecule has 16 heavy (non-hydrogen) atoms. The molecule has 0 atom stereocenters. The largest absolute Gasteiger partial charge is 0.477 e. The zero-order valence-electron chi connectivity index (χ0n) is 8.38. The molecule has 8 nitrogen and oxygen atoms in total. The number of hydrazine groups is 1. The molecule has 0 bridgehead atoms. The second kappa shape index (κ2) is 3.32. The molecule has 1 aliphatic heterocycles. The van der Waals surface area contributed by atoms with Crippen molar-refractivity contribution in [1.82, 2.24) is 20.4 Å². The van der Waals surface area contributed by atoms with Crippen molar-refractivity contribution < 1.29 is 20.3 Å². The van der Waals surface area contributed by atoms with Gasteiger partial charge >= 0.3 is 5.97 Å². The summed E-state index contributed by atoms with van der Waals surface area (Å²) in [6.07, 6.45) is 4.14. The molecule has 2 rings (SSSR count). The molecule has 0 saturated heterocycles. The molecule has 1 aromatic rings. The van der Waals surface area contributed by atoms with E-state index in [-0.39, 0.29) is 16.9 Å². The van der Waals surface area contributed by atoms with E-state index in [0.717, 1.165) is 0 Å². The first-order valence-electron chi connectivity index (χ1n) is 4.40. The molecule has 0 aromatic carbocycles. The summed E-state index contributed by atoms with van der Waals surface area (Å²) in [5, 5.41) is 28.2. The van der Waals surface area contributed by atoms with Gasteiger partial charge in [-0.3, -0.25) is 5.43 Å². The number of carboxylic acids is 1. The van der Waals surface area contributed by atoms with E-state index in [1.54, 1.807) is 0 Å². The minimum absolute atomic E-state index is 0.0150. The van der Waals surface area contributed by atoms with Crippen molar-refractivity contribution >= 4 is 17.7 Å². The number of aromatic nitrogens is 1. The standard InChI is InChI=1S/C8H10N4O4/c1-11-4-6-5(7(11)8(13)14)2-3-9-10-12(6,15)16/h2-4,9-10,15-16H,1H3/p+1. The molecule has 0 saturated carbocycles. The fourth-order valence-electron chi connectivity index (χ4n) is 1.62. The van der Waals surface area contributed by atoms with Crippen molar-refractivity contribution in [3.05, 3.63) is 23.7 Å². The number of rotatable bonds is 1. The number of hydrogen-bond donors (Lipinski definition) is 5. The summed E-state index contributed by atoms with van der Waals surface area (Å²) in [6, 6.07) is 0. The van der Waals surface area contributed by atoms with E-state index >= 15 is 0 Å². The Bertz CT molecular complexity index is 477. The Kier molecular flexibility index (Phi) is 2.21. The Hall–Kier alpha value is -1.87. The third-order valence-corrected chi connectivity index (χ3v) is 2.29. The average Bonchev–Trinajstić information content (AvgIpc) is 2.44. The lowest BCUT2D eigenvalue weighted by Gasteiger charge is -2.17. The van der Waals surface area contributed by atoms with Gasteiger partial charge in [-0.1, -0.05) is 0 Å². The molecule has 0 unspecified atom stereocenters. The molecule has 86 valence electrons. The van der Waals surface area contributed by atoms with E-state index in [2.05, 4.69) is 11.0 Å². The van der Waals surface area contributed by atoms with Gasteiger partial charge in [0.2, 0.25) is 5.69 Å². The van der Waals surface area contributed by atoms with E-state index in [4.69, 9.17) is 5.11 Å². The Balaban J connectivity index is 2.69. The Morgan fingerprint density at radius 2 is 2.19 bits per heavy atom. The zero-order chi connectivity index (χ0) is 11.9. The maximum atomic E-state index is 11.0. The number of quaternary nitrogens is 1. The lowest BCUT2D eigenvalue weighted by atomic mass is 10.2. The van der Waals surface area contributed by atoms with Crippen LogP contribution >= 0.6 is 0 Å². The fourth-order valence-corrected chi connectivity index (χ4v) is 1.62. The smallest absolute Gasteiger partial charge is 0.353 e. The second-order valence-electron chi connectivity index (χ2n) is 3.38. The highest BCUT2D eigenvalue weighted by Gasteiger charge is 2.36. The molecule has 0 aliphatic carbocycles. The number of hydrogen-bond acceptors (Lipinski definition) is 5. The van der Waals surface area contributed by atoms with Crippen LogP contribution in [0.3, 0.4) is 0 Å². The number of carboxylic acid groups (broad SMARTS) is 1. The van der Waals surface area contributed by atoms with Crippen LogP contribution in [0.5, 0.6) is 0 Å². The summed E-state index contributed by atoms with van der Waals surface area (Å²) in [6.45, 7) is 0. The Labute approximate surface area is 90.1 Å². The van der Waals surface area contributed by atoms with Crippen molar-refractivity contribution in [3.8, 4) is 0 Å². The monoisotopic (exact) mass is 227 g/mol. The van der Waals surface area contributed by atoms with Crippen LogP contribution in [0.1, 0.15) is 16.1 Å². The average molecular weight is 227 g/mol. The number of carbonyl (C=O) groups is 1. The van der Waals surface area contributed by atoms with Crippen LogP contribution < -0.4 is 15.9 Å². The van der Waals surface area contributed by atoms with Crippen LogP contribution in [-0.4, -0.2) is 26.1 Å². The van der Waals surface area contributed by atoms with Crippen LogP contribution in [0.4, 0.5) is 5.69 Å². The normalized spacial score (nSPS) is 17.4. The van der Waals surface area contributed by atoms with Crippen LogP contribution in [-0.2, 0) is 7.05 Å². The molecule has 0 fully saturated rings. The third kappa shape index (κ3) is 1.46. The third-order valence-electron chi connectivity index (χ3n) is 2.29. The Morgan fingerprint density at radius 1 is 1.50 bits per heavy atom. The van der Waals surface area contributed by atoms with Crippen molar-refractivity contribution in [2.75, 3.05) is 0 Å². The molecule has 1 aromatic heterocycles. The summed E-state index contributed by atoms with van der Waals surface area (Å²) in [5.41, 5.74) is 4.77. The van der Waals surface area contributed by atoms with Gasteiger partial charge < -0.3 is 9.67 Å². The maximum Gasteiger partial charge on any atom is 0.353 e. The first-order valence-corrected chi connectivity index (χ1v) is 4.40. The van der Waals surface area contributed by atoms with Crippen molar-refractivity contribution in [2.24, 2.45) is 7.05 Å². The molecule has 0 spiro atoms. The van der Waals surface area contributed by atoms with Crippen molar-refractivity contribution in [1.29, 1.82) is 0 Å². The predicted octanol–water partition coefficient (Wildman–Crippen LogP) is -0.197. The summed E-state index contributed by atoms with van der Waals surface area (Å²) in [5.74, 6) is -1.14. The van der Waals surface area contributed by atoms with E-state index < -0.39 is 10.9 Å². The summed E-state index contributed by atoms with van der Waals surface area (Å²) in [4.78, 5) is 9.38. The van der Waals surface area contributed by atoms with Gasteiger partial charge in [-0.2, -0.15) is 10.4 Å². The molecular weight excluding hydrogens is 216 g/mol. The van der Waals surface area contributed by atoms with Gasteiger partial charge in [0.1, 0.15) is 5.69 Å². The van der Waals surface area contributed by atoms with E-state index in [1.807, 2.05) is 0 Å². The van der Waals surface area contributed by atoms with Crippen LogP contribution in [0.15, 0.2) is 12.4 Å². The van der Waals surface area contributed by atoms with E-state index in [1.165, 1.54) is 30.1 Å². The first-order chi connectivity index (χ1) is 7.43. The number of fused-ring (bicyclic) bond motifs is 1. The van der Waals surface area contributed by atoms with Gasteiger partial charge in [0.05, 0.1) is 16.7 Å². The molecule has 5 N–H and O–H groups in total. The van der Waals surface area contributed by atoms with Gasteiger partial charge in [-0.25, -0.2) is 4.79 Å². The summed E-state index contributed by atoms with van der Waals surface area (Å²) >= 11 is 0. The van der Waals surface area contributed by atoms with Crippen LogP contribution in [0, 0.1) is 0 Å². The highest BCUT2D eigenvalue weighted by Crippen LogP contribution is 2.29. The molecular formula is C8H11N4O4+. The van der Waals surface area contributed by atoms with Crippen molar-refractivity contribution in [3.63, 3.8) is 0 Å². The number of aryl methyl sites for hydroxylation is 1. The van der Waals surface area contributed by atoms with Gasteiger partial charge in [0.25, 0.3) is 0 Å². The quantitative estimate of drug-likeness (QED) is 0.425. The van der Waals surface area contributed by atoms with Crippen LogP contribution in [0.25, 0.3) is 6.08 Å². The van der Waals surface area contributed by atoms with Crippen LogP contribution in [0.2, 0.25) is 0 Å². The van der Waals surface area contributed by atoms with Gasteiger partial charge in [-0.05, 0) is 11.6 Å². The lowest BCUT2D eigenvalue weighted by molar-refractivity contribution is -0.330.